The van der Waals surface area contributed by atoms with E-state index in [1.54, 1.807) is 12.1 Å². The van der Waals surface area contributed by atoms with Crippen LogP contribution in [0.25, 0.3) is 16.8 Å². The lowest BCUT2D eigenvalue weighted by Gasteiger charge is -2.17. The van der Waals surface area contributed by atoms with Gasteiger partial charge in [0.2, 0.25) is 0 Å². The Morgan fingerprint density at radius 2 is 1.79 bits per heavy atom. The standard InChI is InChI=1S/C25H24O4/c1-3-6-20-15-22(11-9-17(20)2)25(28)29-23(16-24(26)27)14-18-10-12-19-7-4-5-8-21(19)13-18/h3-13,15,23H,14,16H2,1-2H3,(H,26,27)/b6-3-. The molecule has 0 radical (unpaired) electrons. The van der Waals surface area contributed by atoms with Gasteiger partial charge >= 0.3 is 11.9 Å². The summed E-state index contributed by atoms with van der Waals surface area (Å²) in [5.41, 5.74) is 3.34. The summed E-state index contributed by atoms with van der Waals surface area (Å²) in [5, 5.41) is 11.4. The van der Waals surface area contributed by atoms with Crippen LogP contribution in [0.2, 0.25) is 0 Å². The van der Waals surface area contributed by atoms with E-state index in [-0.39, 0.29) is 6.42 Å². The summed E-state index contributed by atoms with van der Waals surface area (Å²) >= 11 is 0. The second-order valence-corrected chi connectivity index (χ2v) is 7.08. The van der Waals surface area contributed by atoms with Crippen molar-refractivity contribution >= 4 is 28.8 Å². The molecule has 1 atom stereocenters. The highest BCUT2D eigenvalue weighted by Crippen LogP contribution is 2.20. The number of benzene rings is 3. The predicted molar refractivity (Wildman–Crippen MR) is 115 cm³/mol. The number of carbonyl (C=O) groups excluding carboxylic acids is 1. The van der Waals surface area contributed by atoms with Crippen LogP contribution < -0.4 is 0 Å². The van der Waals surface area contributed by atoms with E-state index in [2.05, 4.69) is 0 Å². The molecule has 0 fully saturated rings. The topological polar surface area (TPSA) is 63.6 Å². The van der Waals surface area contributed by atoms with Crippen LogP contribution in [0.4, 0.5) is 0 Å². The maximum absolute atomic E-state index is 12.7. The van der Waals surface area contributed by atoms with Crippen molar-refractivity contribution in [2.45, 2.75) is 32.8 Å². The average Bonchev–Trinajstić information content (AvgIpc) is 2.69. The van der Waals surface area contributed by atoms with Crippen LogP contribution in [0, 0.1) is 6.92 Å². The predicted octanol–water partition coefficient (Wildman–Crippen LogP) is 5.42. The quantitative estimate of drug-likeness (QED) is 0.549. The molecule has 29 heavy (non-hydrogen) atoms. The first-order valence-electron chi connectivity index (χ1n) is 9.60. The summed E-state index contributed by atoms with van der Waals surface area (Å²) in [5.74, 6) is -1.51. The molecule has 0 spiro atoms. The van der Waals surface area contributed by atoms with Gasteiger partial charge in [-0.05, 0) is 53.4 Å². The summed E-state index contributed by atoms with van der Waals surface area (Å²) in [4.78, 5) is 24.0. The van der Waals surface area contributed by atoms with E-state index < -0.39 is 18.0 Å². The Labute approximate surface area is 170 Å². The first-order valence-corrected chi connectivity index (χ1v) is 9.60. The number of hydrogen-bond acceptors (Lipinski definition) is 3. The van der Waals surface area contributed by atoms with Gasteiger partial charge in [-0.25, -0.2) is 4.79 Å². The molecule has 0 aliphatic rings. The zero-order valence-corrected chi connectivity index (χ0v) is 16.6. The lowest BCUT2D eigenvalue weighted by molar-refractivity contribution is -0.139. The minimum absolute atomic E-state index is 0.244. The van der Waals surface area contributed by atoms with Gasteiger partial charge in [0.05, 0.1) is 12.0 Å². The van der Waals surface area contributed by atoms with E-state index in [9.17, 15) is 14.7 Å². The Morgan fingerprint density at radius 3 is 2.52 bits per heavy atom. The van der Waals surface area contributed by atoms with Crippen LogP contribution in [0.1, 0.15) is 40.4 Å². The highest BCUT2D eigenvalue weighted by atomic mass is 16.5. The van der Waals surface area contributed by atoms with Crippen molar-refractivity contribution in [3.8, 4) is 0 Å². The Kier molecular flexibility index (Phi) is 6.45. The third-order valence-corrected chi connectivity index (χ3v) is 4.81. The summed E-state index contributed by atoms with van der Waals surface area (Å²) in [7, 11) is 0. The molecule has 148 valence electrons. The van der Waals surface area contributed by atoms with E-state index in [1.165, 1.54) is 0 Å². The Hall–Kier alpha value is -3.40. The van der Waals surface area contributed by atoms with Crippen LogP contribution in [0.3, 0.4) is 0 Å². The molecule has 0 bridgehead atoms. The fraction of sp³-hybridized carbons (Fsp3) is 0.200. The number of hydrogen-bond donors (Lipinski definition) is 1. The largest absolute Gasteiger partial charge is 0.481 e. The van der Waals surface area contributed by atoms with Gasteiger partial charge < -0.3 is 9.84 Å². The molecule has 0 amide bonds. The maximum Gasteiger partial charge on any atom is 0.338 e. The Balaban J connectivity index is 1.80. The van der Waals surface area contributed by atoms with Crippen LogP contribution in [-0.2, 0) is 16.0 Å². The highest BCUT2D eigenvalue weighted by molar-refractivity contribution is 5.90. The number of esters is 1. The number of ether oxygens (including phenoxy) is 1. The van der Waals surface area contributed by atoms with Crippen LogP contribution in [0.15, 0.2) is 66.7 Å². The molecule has 4 heteroatoms. The molecule has 4 nitrogen and oxygen atoms in total. The number of carboxylic acids is 1. The normalized spacial score (nSPS) is 12.2. The van der Waals surface area contributed by atoms with Crippen LogP contribution in [0.5, 0.6) is 0 Å². The second kappa shape index (κ2) is 9.20. The van der Waals surface area contributed by atoms with Crippen molar-refractivity contribution in [1.82, 2.24) is 0 Å². The molecule has 0 heterocycles. The lowest BCUT2D eigenvalue weighted by Crippen LogP contribution is -2.24. The van der Waals surface area contributed by atoms with E-state index in [1.807, 2.05) is 74.5 Å². The molecule has 3 rings (SSSR count). The molecule has 3 aromatic rings. The van der Waals surface area contributed by atoms with Gasteiger partial charge in [0, 0.05) is 6.42 Å². The van der Waals surface area contributed by atoms with Gasteiger partial charge in [-0.2, -0.15) is 0 Å². The fourth-order valence-corrected chi connectivity index (χ4v) is 3.32. The first kappa shape index (κ1) is 20.3. The van der Waals surface area contributed by atoms with Crippen molar-refractivity contribution < 1.29 is 19.4 Å². The summed E-state index contributed by atoms with van der Waals surface area (Å²) in [6.45, 7) is 3.88. The molecule has 0 aliphatic heterocycles. The third-order valence-electron chi connectivity index (χ3n) is 4.81. The number of carboxylic acid groups (broad SMARTS) is 1. The van der Waals surface area contributed by atoms with Crippen molar-refractivity contribution in [3.63, 3.8) is 0 Å². The molecule has 0 saturated heterocycles. The SMILES string of the molecule is C/C=C\c1cc(C(=O)OC(CC(=O)O)Cc2ccc3ccccc3c2)ccc1C. The molecule has 1 unspecified atom stereocenters. The minimum Gasteiger partial charge on any atom is -0.481 e. The van der Waals surface area contributed by atoms with Crippen LogP contribution in [-0.4, -0.2) is 23.1 Å². The number of fused-ring (bicyclic) bond motifs is 1. The van der Waals surface area contributed by atoms with Crippen molar-refractivity contribution in [3.05, 3.63) is 89.0 Å². The maximum atomic E-state index is 12.7. The van der Waals surface area contributed by atoms with E-state index in [4.69, 9.17) is 4.74 Å². The van der Waals surface area contributed by atoms with Gasteiger partial charge in [0.1, 0.15) is 6.10 Å². The molecular formula is C25H24O4. The van der Waals surface area contributed by atoms with Crippen molar-refractivity contribution in [2.24, 2.45) is 0 Å². The summed E-state index contributed by atoms with van der Waals surface area (Å²) in [6.07, 6.45) is 3.19. The smallest absolute Gasteiger partial charge is 0.338 e. The van der Waals surface area contributed by atoms with Gasteiger partial charge in [-0.1, -0.05) is 60.7 Å². The summed E-state index contributed by atoms with van der Waals surface area (Å²) in [6, 6.07) is 19.2. The Bertz CT molecular complexity index is 1070. The molecule has 1 N–H and O–H groups in total. The Morgan fingerprint density at radius 1 is 1.03 bits per heavy atom. The lowest BCUT2D eigenvalue weighted by atomic mass is 10.0. The second-order valence-electron chi connectivity index (χ2n) is 7.08. The highest BCUT2D eigenvalue weighted by Gasteiger charge is 2.20. The van der Waals surface area contributed by atoms with Gasteiger partial charge in [-0.3, -0.25) is 4.79 Å². The third kappa shape index (κ3) is 5.32. The number of allylic oxidation sites excluding steroid dienone is 1. The molecular weight excluding hydrogens is 364 g/mol. The number of carbonyl (C=O) groups is 2. The van der Waals surface area contributed by atoms with Crippen LogP contribution >= 0.6 is 0 Å². The van der Waals surface area contributed by atoms with E-state index in [0.717, 1.165) is 27.5 Å². The van der Waals surface area contributed by atoms with E-state index >= 15 is 0 Å². The fourth-order valence-electron chi connectivity index (χ4n) is 3.32. The van der Waals surface area contributed by atoms with E-state index in [0.29, 0.717) is 12.0 Å². The van der Waals surface area contributed by atoms with Crippen molar-refractivity contribution in [1.29, 1.82) is 0 Å². The van der Waals surface area contributed by atoms with Gasteiger partial charge in [0.15, 0.2) is 0 Å². The molecule has 0 saturated carbocycles. The number of aryl methyl sites for hydroxylation is 1. The minimum atomic E-state index is -0.998. The monoisotopic (exact) mass is 388 g/mol. The first-order chi connectivity index (χ1) is 14.0. The number of rotatable bonds is 7. The number of aliphatic carboxylic acids is 1. The summed E-state index contributed by atoms with van der Waals surface area (Å²) < 4.78 is 5.59. The molecule has 3 aromatic carbocycles. The zero-order chi connectivity index (χ0) is 20.8. The van der Waals surface area contributed by atoms with Gasteiger partial charge in [-0.15, -0.1) is 0 Å². The molecule has 0 aromatic heterocycles. The zero-order valence-electron chi connectivity index (χ0n) is 16.6. The van der Waals surface area contributed by atoms with Crippen molar-refractivity contribution in [2.75, 3.05) is 0 Å². The molecule has 0 aliphatic carbocycles. The average molecular weight is 388 g/mol. The van der Waals surface area contributed by atoms with Gasteiger partial charge in [0.25, 0.3) is 0 Å².